The summed E-state index contributed by atoms with van der Waals surface area (Å²) in [5, 5.41) is 0. The third kappa shape index (κ3) is 2.52. The summed E-state index contributed by atoms with van der Waals surface area (Å²) in [6.07, 6.45) is 4.86. The van der Waals surface area contributed by atoms with Crippen molar-refractivity contribution in [3.8, 4) is 0 Å². The molecule has 5 nitrogen and oxygen atoms in total. The zero-order chi connectivity index (χ0) is 13.9. The maximum atomic E-state index is 5.74. The Morgan fingerprint density at radius 3 is 2.90 bits per heavy atom. The van der Waals surface area contributed by atoms with Gasteiger partial charge in [0.2, 0.25) is 0 Å². The maximum absolute atomic E-state index is 5.74. The summed E-state index contributed by atoms with van der Waals surface area (Å²) >= 11 is 0. The molecule has 0 amide bonds. The highest BCUT2D eigenvalue weighted by molar-refractivity contribution is 5.74. The molecule has 3 aromatic rings. The molecule has 2 heterocycles. The molecule has 0 N–H and O–H groups in total. The van der Waals surface area contributed by atoms with E-state index >= 15 is 0 Å². The second-order valence-electron chi connectivity index (χ2n) is 4.91. The zero-order valence-corrected chi connectivity index (χ0v) is 11.8. The number of rotatable bonds is 5. The van der Waals surface area contributed by atoms with Gasteiger partial charge < -0.3 is 13.9 Å². The smallest absolute Gasteiger partial charge is 0.298 e. The minimum absolute atomic E-state index is 0.675. The van der Waals surface area contributed by atoms with Crippen LogP contribution in [0.3, 0.4) is 0 Å². The average molecular weight is 270 g/mol. The first-order chi connectivity index (χ1) is 9.74. The number of nitrogens with zero attached hydrogens (tertiary/aromatic N) is 4. The van der Waals surface area contributed by atoms with Crippen molar-refractivity contribution < 1.29 is 4.42 Å². The van der Waals surface area contributed by atoms with Crippen LogP contribution in [0.1, 0.15) is 12.2 Å². The third-order valence-corrected chi connectivity index (χ3v) is 3.43. The maximum Gasteiger partial charge on any atom is 0.298 e. The van der Waals surface area contributed by atoms with Crippen molar-refractivity contribution in [2.45, 2.75) is 19.9 Å². The number of imidazole rings is 1. The van der Waals surface area contributed by atoms with Gasteiger partial charge in [0.25, 0.3) is 6.01 Å². The number of aromatic nitrogens is 3. The highest BCUT2D eigenvalue weighted by atomic mass is 16.4. The van der Waals surface area contributed by atoms with Crippen molar-refractivity contribution in [2.75, 3.05) is 18.5 Å². The van der Waals surface area contributed by atoms with Gasteiger partial charge in [0.15, 0.2) is 5.58 Å². The summed E-state index contributed by atoms with van der Waals surface area (Å²) in [5.41, 5.74) is 1.74. The zero-order valence-electron chi connectivity index (χ0n) is 11.8. The van der Waals surface area contributed by atoms with Crippen molar-refractivity contribution in [1.82, 2.24) is 14.5 Å². The lowest BCUT2D eigenvalue weighted by Crippen LogP contribution is -2.20. The van der Waals surface area contributed by atoms with Crippen LogP contribution in [-0.4, -0.2) is 28.1 Å². The Kier molecular flexibility index (Phi) is 3.41. The molecule has 104 valence electrons. The fourth-order valence-electron chi connectivity index (χ4n) is 2.24. The topological polar surface area (TPSA) is 47.1 Å². The van der Waals surface area contributed by atoms with Crippen molar-refractivity contribution in [1.29, 1.82) is 0 Å². The average Bonchev–Trinajstić information content (AvgIpc) is 3.05. The molecular formula is C15H18N4O. The van der Waals surface area contributed by atoms with E-state index in [2.05, 4.69) is 14.5 Å². The van der Waals surface area contributed by atoms with Crippen LogP contribution in [-0.2, 0) is 6.54 Å². The lowest BCUT2D eigenvalue weighted by atomic mass is 10.3. The van der Waals surface area contributed by atoms with Crippen LogP contribution in [0.15, 0.2) is 41.1 Å². The molecule has 5 heteroatoms. The Morgan fingerprint density at radius 2 is 2.15 bits per heavy atom. The standard InChI is InChI=1S/C15H18N4O/c1-12-16-8-11-19(12)10-5-9-18(2)15-17-13-6-3-4-7-14(13)20-15/h3-4,6-8,11H,5,9-10H2,1-2H3. The van der Waals surface area contributed by atoms with Gasteiger partial charge in [-0.15, -0.1) is 0 Å². The van der Waals surface area contributed by atoms with Gasteiger partial charge in [-0.3, -0.25) is 0 Å². The second-order valence-corrected chi connectivity index (χ2v) is 4.91. The van der Waals surface area contributed by atoms with Gasteiger partial charge in [0.05, 0.1) is 0 Å². The number of fused-ring (bicyclic) bond motifs is 1. The summed E-state index contributed by atoms with van der Waals surface area (Å²) in [6, 6.07) is 8.50. The number of hydrogen-bond donors (Lipinski definition) is 0. The van der Waals surface area contributed by atoms with Crippen LogP contribution in [0.4, 0.5) is 6.01 Å². The second kappa shape index (κ2) is 5.36. The Hall–Kier alpha value is -2.30. The first-order valence-electron chi connectivity index (χ1n) is 6.78. The van der Waals surface area contributed by atoms with E-state index in [-0.39, 0.29) is 0 Å². The molecule has 0 atom stereocenters. The largest absolute Gasteiger partial charge is 0.423 e. The van der Waals surface area contributed by atoms with Gasteiger partial charge in [0.1, 0.15) is 11.3 Å². The number of oxazole rings is 1. The van der Waals surface area contributed by atoms with Crippen LogP contribution in [0.2, 0.25) is 0 Å². The Balaban J connectivity index is 1.61. The van der Waals surface area contributed by atoms with E-state index < -0.39 is 0 Å². The van der Waals surface area contributed by atoms with Gasteiger partial charge >= 0.3 is 0 Å². The SMILES string of the molecule is Cc1nccn1CCCN(C)c1nc2ccccc2o1. The molecule has 0 fully saturated rings. The molecule has 20 heavy (non-hydrogen) atoms. The fraction of sp³-hybridized carbons (Fsp3) is 0.333. The minimum Gasteiger partial charge on any atom is -0.423 e. The quantitative estimate of drug-likeness (QED) is 0.715. The highest BCUT2D eigenvalue weighted by Crippen LogP contribution is 2.20. The monoisotopic (exact) mass is 270 g/mol. The lowest BCUT2D eigenvalue weighted by Gasteiger charge is -2.14. The van der Waals surface area contributed by atoms with Gasteiger partial charge in [-0.1, -0.05) is 12.1 Å². The molecule has 3 rings (SSSR count). The van der Waals surface area contributed by atoms with E-state index in [4.69, 9.17) is 4.42 Å². The van der Waals surface area contributed by atoms with Crippen molar-refractivity contribution in [3.63, 3.8) is 0 Å². The summed E-state index contributed by atoms with van der Waals surface area (Å²) in [6.45, 7) is 3.87. The molecule has 1 aromatic carbocycles. The van der Waals surface area contributed by atoms with Gasteiger partial charge in [-0.25, -0.2) is 4.98 Å². The minimum atomic E-state index is 0.675. The lowest BCUT2D eigenvalue weighted by molar-refractivity contribution is 0.560. The van der Waals surface area contributed by atoms with Crippen molar-refractivity contribution >= 4 is 17.1 Å². The van der Waals surface area contributed by atoms with E-state index in [0.29, 0.717) is 6.01 Å². The number of anilines is 1. The van der Waals surface area contributed by atoms with Crippen LogP contribution in [0, 0.1) is 6.92 Å². The molecular weight excluding hydrogens is 252 g/mol. The molecule has 0 unspecified atom stereocenters. The molecule has 2 aromatic heterocycles. The molecule has 0 spiro atoms. The van der Waals surface area contributed by atoms with Crippen molar-refractivity contribution in [3.05, 3.63) is 42.5 Å². The number of para-hydroxylation sites is 2. The van der Waals surface area contributed by atoms with Crippen LogP contribution in [0.5, 0.6) is 0 Å². The summed E-state index contributed by atoms with van der Waals surface area (Å²) in [4.78, 5) is 10.8. The van der Waals surface area contributed by atoms with E-state index in [1.807, 2.05) is 55.5 Å². The molecule has 0 aliphatic rings. The predicted octanol–water partition coefficient (Wildman–Crippen LogP) is 2.86. The molecule has 0 radical (unpaired) electrons. The van der Waals surface area contributed by atoms with E-state index in [9.17, 15) is 0 Å². The number of hydrogen-bond acceptors (Lipinski definition) is 4. The summed E-state index contributed by atoms with van der Waals surface area (Å²) in [5.74, 6) is 1.05. The molecule has 0 saturated heterocycles. The Labute approximate surface area is 117 Å². The summed E-state index contributed by atoms with van der Waals surface area (Å²) < 4.78 is 7.89. The normalized spacial score (nSPS) is 11.1. The van der Waals surface area contributed by atoms with Crippen LogP contribution < -0.4 is 4.90 Å². The van der Waals surface area contributed by atoms with Gasteiger partial charge in [-0.05, 0) is 25.5 Å². The first-order valence-corrected chi connectivity index (χ1v) is 6.78. The molecule has 0 aliphatic carbocycles. The van der Waals surface area contributed by atoms with E-state index in [1.54, 1.807) is 0 Å². The van der Waals surface area contributed by atoms with E-state index in [1.165, 1.54) is 0 Å². The van der Waals surface area contributed by atoms with Gasteiger partial charge in [0, 0.05) is 32.5 Å². The fourth-order valence-corrected chi connectivity index (χ4v) is 2.24. The van der Waals surface area contributed by atoms with Crippen LogP contribution in [0.25, 0.3) is 11.1 Å². The molecule has 0 bridgehead atoms. The first kappa shape index (κ1) is 12.7. The number of aryl methyl sites for hydroxylation is 2. The van der Waals surface area contributed by atoms with Gasteiger partial charge in [-0.2, -0.15) is 4.98 Å². The predicted molar refractivity (Wildman–Crippen MR) is 78.9 cm³/mol. The third-order valence-electron chi connectivity index (χ3n) is 3.43. The molecule has 0 aliphatic heterocycles. The Bertz CT molecular complexity index is 668. The Morgan fingerprint density at radius 1 is 1.30 bits per heavy atom. The van der Waals surface area contributed by atoms with E-state index in [0.717, 1.165) is 36.4 Å². The number of benzene rings is 1. The van der Waals surface area contributed by atoms with Crippen molar-refractivity contribution in [2.24, 2.45) is 0 Å². The van der Waals surface area contributed by atoms with Crippen LogP contribution >= 0.6 is 0 Å². The molecule has 0 saturated carbocycles. The summed E-state index contributed by atoms with van der Waals surface area (Å²) in [7, 11) is 2.01. The highest BCUT2D eigenvalue weighted by Gasteiger charge is 2.09.